The summed E-state index contributed by atoms with van der Waals surface area (Å²) in [6, 6.07) is 8.76. The van der Waals surface area contributed by atoms with E-state index in [1.165, 1.54) is 10.1 Å². The summed E-state index contributed by atoms with van der Waals surface area (Å²) in [6.45, 7) is 7.21. The second-order valence-corrected chi connectivity index (χ2v) is 5.84. The van der Waals surface area contributed by atoms with Gasteiger partial charge in [0.2, 0.25) is 0 Å². The van der Waals surface area contributed by atoms with E-state index in [-0.39, 0.29) is 6.04 Å². The van der Waals surface area contributed by atoms with Crippen molar-refractivity contribution in [3.63, 3.8) is 0 Å². The smallest absolute Gasteiger partial charge is 0.103 e. The van der Waals surface area contributed by atoms with Crippen LogP contribution < -0.4 is 5.32 Å². The Labute approximate surface area is 122 Å². The number of hydrogen-bond donors (Lipinski definition) is 1. The van der Waals surface area contributed by atoms with Crippen LogP contribution in [0.4, 0.5) is 0 Å². The Balaban J connectivity index is 2.01. The third kappa shape index (κ3) is 2.23. The molecule has 3 aromatic rings. The molecule has 0 saturated heterocycles. The van der Waals surface area contributed by atoms with Gasteiger partial charge in [0, 0.05) is 4.70 Å². The van der Waals surface area contributed by atoms with Gasteiger partial charge < -0.3 is 5.32 Å². The van der Waals surface area contributed by atoms with Crippen LogP contribution in [0.3, 0.4) is 0 Å². The highest BCUT2D eigenvalue weighted by Crippen LogP contribution is 2.24. The highest BCUT2D eigenvalue weighted by molar-refractivity contribution is 7.17. The van der Waals surface area contributed by atoms with Gasteiger partial charge in [0.15, 0.2) is 0 Å². The number of fused-ring (bicyclic) bond motifs is 1. The average molecular weight is 286 g/mol. The fourth-order valence-corrected chi connectivity index (χ4v) is 3.25. The normalized spacial score (nSPS) is 12.9. The predicted octanol–water partition coefficient (Wildman–Crippen LogP) is 3.46. The molecular formula is C15H18N4S. The SMILES string of the molecule is CCNC(C)c1nnn(-c2ccc3sccc3c2)c1C. The van der Waals surface area contributed by atoms with Gasteiger partial charge in [-0.3, -0.25) is 0 Å². The van der Waals surface area contributed by atoms with Gasteiger partial charge in [0.25, 0.3) is 0 Å². The Morgan fingerprint density at radius 1 is 1.35 bits per heavy atom. The van der Waals surface area contributed by atoms with Crippen molar-refractivity contribution < 1.29 is 0 Å². The molecule has 2 aromatic heterocycles. The zero-order chi connectivity index (χ0) is 14.1. The molecule has 3 rings (SSSR count). The molecule has 0 aliphatic heterocycles. The molecule has 0 radical (unpaired) electrons. The number of benzene rings is 1. The first-order valence-electron chi connectivity index (χ1n) is 6.84. The maximum absolute atomic E-state index is 4.33. The number of thiophene rings is 1. The van der Waals surface area contributed by atoms with Crippen LogP contribution in [0.1, 0.15) is 31.3 Å². The van der Waals surface area contributed by atoms with Gasteiger partial charge in [-0.25, -0.2) is 4.68 Å². The second kappa shape index (κ2) is 5.34. The molecule has 0 amide bonds. The molecular weight excluding hydrogens is 268 g/mol. The van der Waals surface area contributed by atoms with Crippen LogP contribution in [0.2, 0.25) is 0 Å². The Hall–Kier alpha value is -1.72. The van der Waals surface area contributed by atoms with Crippen LogP contribution in [0.5, 0.6) is 0 Å². The number of rotatable bonds is 4. The molecule has 1 atom stereocenters. The molecule has 0 saturated carbocycles. The molecule has 4 nitrogen and oxygen atoms in total. The van der Waals surface area contributed by atoms with Gasteiger partial charge in [-0.2, -0.15) is 0 Å². The van der Waals surface area contributed by atoms with Crippen molar-refractivity contribution in [1.29, 1.82) is 0 Å². The number of nitrogens with zero attached hydrogens (tertiary/aromatic N) is 3. The lowest BCUT2D eigenvalue weighted by atomic mass is 10.2. The topological polar surface area (TPSA) is 42.7 Å². The molecule has 0 aliphatic rings. The van der Waals surface area contributed by atoms with Crippen LogP contribution in [0.25, 0.3) is 15.8 Å². The van der Waals surface area contributed by atoms with E-state index in [0.29, 0.717) is 0 Å². The van der Waals surface area contributed by atoms with E-state index in [9.17, 15) is 0 Å². The van der Waals surface area contributed by atoms with Crippen molar-refractivity contribution in [2.24, 2.45) is 0 Å². The summed E-state index contributed by atoms with van der Waals surface area (Å²) in [5.41, 5.74) is 3.17. The predicted molar refractivity (Wildman–Crippen MR) is 83.6 cm³/mol. The first-order chi connectivity index (χ1) is 9.70. The van der Waals surface area contributed by atoms with Crippen molar-refractivity contribution in [1.82, 2.24) is 20.3 Å². The molecule has 0 spiro atoms. The molecule has 1 N–H and O–H groups in total. The third-order valence-electron chi connectivity index (χ3n) is 3.53. The summed E-state index contributed by atoms with van der Waals surface area (Å²) in [5.74, 6) is 0. The highest BCUT2D eigenvalue weighted by atomic mass is 32.1. The Morgan fingerprint density at radius 2 is 2.20 bits per heavy atom. The van der Waals surface area contributed by atoms with E-state index in [4.69, 9.17) is 0 Å². The largest absolute Gasteiger partial charge is 0.309 e. The molecule has 1 unspecified atom stereocenters. The Kier molecular flexibility index (Phi) is 3.54. The van der Waals surface area contributed by atoms with E-state index >= 15 is 0 Å². The fourth-order valence-electron chi connectivity index (χ4n) is 2.47. The molecule has 5 heteroatoms. The minimum absolute atomic E-state index is 0.221. The van der Waals surface area contributed by atoms with Gasteiger partial charge in [0.1, 0.15) is 5.69 Å². The Morgan fingerprint density at radius 3 is 3.00 bits per heavy atom. The molecule has 0 fully saturated rings. The highest BCUT2D eigenvalue weighted by Gasteiger charge is 2.15. The lowest BCUT2D eigenvalue weighted by molar-refractivity contribution is 0.579. The Bertz CT molecular complexity index is 728. The summed E-state index contributed by atoms with van der Waals surface area (Å²) in [4.78, 5) is 0. The van der Waals surface area contributed by atoms with Crippen LogP contribution in [-0.4, -0.2) is 21.5 Å². The van der Waals surface area contributed by atoms with E-state index in [2.05, 4.69) is 66.0 Å². The van der Waals surface area contributed by atoms with Gasteiger partial charge in [-0.15, -0.1) is 16.4 Å². The van der Waals surface area contributed by atoms with Crippen LogP contribution in [0.15, 0.2) is 29.6 Å². The van der Waals surface area contributed by atoms with Crippen molar-refractivity contribution in [3.8, 4) is 5.69 Å². The van der Waals surface area contributed by atoms with E-state index < -0.39 is 0 Å². The molecule has 0 bridgehead atoms. The van der Waals surface area contributed by atoms with Crippen molar-refractivity contribution >= 4 is 21.4 Å². The maximum atomic E-state index is 4.33. The summed E-state index contributed by atoms with van der Waals surface area (Å²) < 4.78 is 3.22. The summed E-state index contributed by atoms with van der Waals surface area (Å²) in [7, 11) is 0. The lowest BCUT2D eigenvalue weighted by Gasteiger charge is -2.10. The monoisotopic (exact) mass is 286 g/mol. The van der Waals surface area contributed by atoms with Crippen molar-refractivity contribution in [3.05, 3.63) is 41.0 Å². The van der Waals surface area contributed by atoms with Crippen molar-refractivity contribution in [2.45, 2.75) is 26.8 Å². The summed E-state index contributed by atoms with van der Waals surface area (Å²) in [6.07, 6.45) is 0. The minimum atomic E-state index is 0.221. The number of hydrogen-bond acceptors (Lipinski definition) is 4. The average Bonchev–Trinajstić information content (AvgIpc) is 3.04. The first kappa shape index (κ1) is 13.3. The van der Waals surface area contributed by atoms with Gasteiger partial charge in [0.05, 0.1) is 17.4 Å². The van der Waals surface area contributed by atoms with Crippen LogP contribution in [0, 0.1) is 6.92 Å². The zero-order valence-electron chi connectivity index (χ0n) is 11.9. The van der Waals surface area contributed by atoms with E-state index in [1.54, 1.807) is 11.3 Å². The molecule has 104 valence electrons. The van der Waals surface area contributed by atoms with Gasteiger partial charge in [-0.05, 0) is 55.4 Å². The summed E-state index contributed by atoms with van der Waals surface area (Å²) in [5, 5.41) is 15.4. The number of nitrogens with one attached hydrogen (secondary N) is 1. The standard InChI is InChI=1S/C15H18N4S/c1-4-16-10(2)15-11(3)19(18-17-15)13-5-6-14-12(9-13)7-8-20-14/h5-10,16H,4H2,1-3H3. The number of aromatic nitrogens is 3. The van der Waals surface area contributed by atoms with Crippen molar-refractivity contribution in [2.75, 3.05) is 6.54 Å². The summed E-state index contributed by atoms with van der Waals surface area (Å²) >= 11 is 1.76. The van der Waals surface area contributed by atoms with Crippen LogP contribution >= 0.6 is 11.3 Å². The fraction of sp³-hybridized carbons (Fsp3) is 0.333. The van der Waals surface area contributed by atoms with E-state index in [1.807, 2.05) is 4.68 Å². The quantitative estimate of drug-likeness (QED) is 0.798. The first-order valence-corrected chi connectivity index (χ1v) is 7.72. The third-order valence-corrected chi connectivity index (χ3v) is 4.43. The molecule has 0 aliphatic carbocycles. The van der Waals surface area contributed by atoms with Gasteiger partial charge in [-0.1, -0.05) is 12.1 Å². The van der Waals surface area contributed by atoms with E-state index in [0.717, 1.165) is 23.6 Å². The zero-order valence-corrected chi connectivity index (χ0v) is 12.7. The van der Waals surface area contributed by atoms with Crippen LogP contribution in [-0.2, 0) is 0 Å². The molecule has 2 heterocycles. The molecule has 1 aromatic carbocycles. The molecule has 20 heavy (non-hydrogen) atoms. The maximum Gasteiger partial charge on any atom is 0.103 e. The van der Waals surface area contributed by atoms with Gasteiger partial charge >= 0.3 is 0 Å². The second-order valence-electron chi connectivity index (χ2n) is 4.89. The minimum Gasteiger partial charge on any atom is -0.309 e. The lowest BCUT2D eigenvalue weighted by Crippen LogP contribution is -2.19.